The molecule has 0 bridgehead atoms. The molecule has 0 aliphatic heterocycles. The fourth-order valence-electron chi connectivity index (χ4n) is 3.68. The number of anilines is 1. The van der Waals surface area contributed by atoms with Crippen LogP contribution >= 0.6 is 11.6 Å². The highest BCUT2D eigenvalue weighted by molar-refractivity contribution is 7.89. The lowest BCUT2D eigenvalue weighted by Crippen LogP contribution is -2.36. The molecule has 32 heavy (non-hydrogen) atoms. The number of methoxy groups -OCH3 is 3. The first-order chi connectivity index (χ1) is 15.3. The number of hydrogen-bond acceptors (Lipinski definition) is 6. The summed E-state index contributed by atoms with van der Waals surface area (Å²) in [5, 5.41) is 3.05. The van der Waals surface area contributed by atoms with Crippen molar-refractivity contribution < 1.29 is 27.4 Å². The van der Waals surface area contributed by atoms with E-state index in [0.717, 1.165) is 32.1 Å². The Bertz CT molecular complexity index is 1080. The van der Waals surface area contributed by atoms with Crippen LogP contribution in [0.1, 0.15) is 42.5 Å². The van der Waals surface area contributed by atoms with Gasteiger partial charge in [0.1, 0.15) is 22.1 Å². The molecule has 0 heterocycles. The molecular weight excluding hydrogens is 456 g/mol. The van der Waals surface area contributed by atoms with Crippen LogP contribution in [0, 0.1) is 0 Å². The van der Waals surface area contributed by atoms with Crippen molar-refractivity contribution in [1.29, 1.82) is 0 Å². The van der Waals surface area contributed by atoms with Crippen LogP contribution in [0.15, 0.2) is 35.2 Å². The van der Waals surface area contributed by atoms with Crippen LogP contribution in [0.5, 0.6) is 17.2 Å². The molecule has 1 aliphatic rings. The molecule has 0 spiro atoms. The van der Waals surface area contributed by atoms with Crippen LogP contribution in [-0.2, 0) is 10.0 Å². The van der Waals surface area contributed by atoms with E-state index in [2.05, 4.69) is 10.0 Å². The molecule has 174 valence electrons. The lowest BCUT2D eigenvalue weighted by atomic mass is 9.96. The van der Waals surface area contributed by atoms with Gasteiger partial charge in [-0.2, -0.15) is 0 Å². The van der Waals surface area contributed by atoms with Crippen LogP contribution in [0.2, 0.25) is 5.02 Å². The SMILES string of the molecule is COc1cc(NC(=O)c2ccc(OC)c(S(=O)(=O)NC3CCCCC3)c2)c(OC)cc1Cl. The number of rotatable bonds is 8. The minimum absolute atomic E-state index is 0.0844. The molecule has 0 saturated heterocycles. The third-order valence-electron chi connectivity index (χ3n) is 5.36. The normalized spacial score (nSPS) is 14.6. The Morgan fingerprint density at radius 3 is 2.22 bits per heavy atom. The topological polar surface area (TPSA) is 103 Å². The predicted octanol–water partition coefficient (Wildman–Crippen LogP) is 4.23. The number of nitrogens with one attached hydrogen (secondary N) is 2. The highest BCUT2D eigenvalue weighted by Gasteiger charge is 2.26. The van der Waals surface area contributed by atoms with Gasteiger partial charge in [0.25, 0.3) is 5.91 Å². The van der Waals surface area contributed by atoms with E-state index in [4.69, 9.17) is 25.8 Å². The van der Waals surface area contributed by atoms with Gasteiger partial charge in [-0.25, -0.2) is 13.1 Å². The van der Waals surface area contributed by atoms with Gasteiger partial charge in [-0.15, -0.1) is 0 Å². The fourth-order valence-corrected chi connectivity index (χ4v) is 5.41. The first-order valence-corrected chi connectivity index (χ1v) is 12.1. The zero-order valence-electron chi connectivity index (χ0n) is 18.2. The molecule has 1 fully saturated rings. The van der Waals surface area contributed by atoms with Gasteiger partial charge in [-0.3, -0.25) is 4.79 Å². The summed E-state index contributed by atoms with van der Waals surface area (Å²) in [6.07, 6.45) is 4.66. The Morgan fingerprint density at radius 1 is 0.938 bits per heavy atom. The Morgan fingerprint density at radius 2 is 1.59 bits per heavy atom. The van der Waals surface area contributed by atoms with Gasteiger partial charge in [0, 0.05) is 23.7 Å². The number of benzene rings is 2. The third kappa shape index (κ3) is 5.46. The second-order valence-electron chi connectivity index (χ2n) is 7.46. The van der Waals surface area contributed by atoms with Crippen LogP contribution in [0.3, 0.4) is 0 Å². The fraction of sp³-hybridized carbons (Fsp3) is 0.409. The summed E-state index contributed by atoms with van der Waals surface area (Å²) in [4.78, 5) is 12.9. The minimum Gasteiger partial charge on any atom is -0.495 e. The molecule has 1 saturated carbocycles. The summed E-state index contributed by atoms with van der Waals surface area (Å²) in [6, 6.07) is 7.19. The van der Waals surface area contributed by atoms with Gasteiger partial charge in [-0.1, -0.05) is 30.9 Å². The van der Waals surface area contributed by atoms with Gasteiger partial charge in [0.05, 0.1) is 32.0 Å². The molecule has 8 nitrogen and oxygen atoms in total. The Balaban J connectivity index is 1.90. The lowest BCUT2D eigenvalue weighted by molar-refractivity contribution is 0.102. The van der Waals surface area contributed by atoms with Crippen LogP contribution in [-0.4, -0.2) is 41.7 Å². The van der Waals surface area contributed by atoms with E-state index in [1.807, 2.05) is 0 Å². The van der Waals surface area contributed by atoms with Crippen molar-refractivity contribution in [3.63, 3.8) is 0 Å². The Hall–Kier alpha value is -2.49. The summed E-state index contributed by atoms with van der Waals surface area (Å²) in [6.45, 7) is 0. The smallest absolute Gasteiger partial charge is 0.255 e. The summed E-state index contributed by atoms with van der Waals surface area (Å²) in [7, 11) is 0.415. The van der Waals surface area contributed by atoms with Crippen molar-refractivity contribution in [3.05, 3.63) is 40.9 Å². The first kappa shape index (κ1) is 24.2. The van der Waals surface area contributed by atoms with Crippen molar-refractivity contribution in [2.24, 2.45) is 0 Å². The largest absolute Gasteiger partial charge is 0.495 e. The zero-order valence-corrected chi connectivity index (χ0v) is 19.8. The molecular formula is C22H27ClN2O6S. The van der Waals surface area contributed by atoms with E-state index in [0.29, 0.717) is 22.2 Å². The van der Waals surface area contributed by atoms with Gasteiger partial charge >= 0.3 is 0 Å². The number of amides is 1. The second-order valence-corrected chi connectivity index (χ2v) is 9.55. The van der Waals surface area contributed by atoms with E-state index in [-0.39, 0.29) is 22.3 Å². The molecule has 3 rings (SSSR count). The molecule has 10 heteroatoms. The number of carbonyl (C=O) groups is 1. The van der Waals surface area contributed by atoms with Crippen molar-refractivity contribution in [2.45, 2.75) is 43.0 Å². The summed E-state index contributed by atoms with van der Waals surface area (Å²) in [5.74, 6) is 0.335. The van der Waals surface area contributed by atoms with Crippen molar-refractivity contribution >= 4 is 33.2 Å². The maximum Gasteiger partial charge on any atom is 0.255 e. The molecule has 0 radical (unpaired) electrons. The van der Waals surface area contributed by atoms with Crippen LogP contribution < -0.4 is 24.2 Å². The highest BCUT2D eigenvalue weighted by atomic mass is 35.5. The third-order valence-corrected chi connectivity index (χ3v) is 7.20. The van der Waals surface area contributed by atoms with Crippen molar-refractivity contribution in [3.8, 4) is 17.2 Å². The van der Waals surface area contributed by atoms with E-state index in [9.17, 15) is 13.2 Å². The number of ether oxygens (including phenoxy) is 3. The summed E-state index contributed by atoms with van der Waals surface area (Å²) >= 11 is 6.11. The minimum atomic E-state index is -3.88. The average molecular weight is 483 g/mol. The van der Waals surface area contributed by atoms with E-state index in [1.165, 1.54) is 51.7 Å². The Kier molecular flexibility index (Phi) is 7.86. The highest BCUT2D eigenvalue weighted by Crippen LogP contribution is 2.36. The second kappa shape index (κ2) is 10.4. The molecule has 0 unspecified atom stereocenters. The summed E-state index contributed by atoms with van der Waals surface area (Å²) < 4.78 is 44.6. The molecule has 1 amide bonds. The van der Waals surface area contributed by atoms with Gasteiger partial charge in [0.15, 0.2) is 0 Å². The number of carbonyl (C=O) groups excluding carboxylic acids is 1. The average Bonchev–Trinajstić information content (AvgIpc) is 2.79. The van der Waals surface area contributed by atoms with Gasteiger partial charge in [0.2, 0.25) is 10.0 Å². The molecule has 1 aliphatic carbocycles. The maximum absolute atomic E-state index is 13.1. The summed E-state index contributed by atoms with van der Waals surface area (Å²) in [5.41, 5.74) is 0.477. The monoisotopic (exact) mass is 482 g/mol. The quantitative estimate of drug-likeness (QED) is 0.583. The number of halogens is 1. The molecule has 0 aromatic heterocycles. The van der Waals surface area contributed by atoms with Gasteiger partial charge in [-0.05, 0) is 31.0 Å². The first-order valence-electron chi connectivity index (χ1n) is 10.2. The number of hydrogen-bond donors (Lipinski definition) is 2. The zero-order chi connectivity index (χ0) is 23.3. The van der Waals surface area contributed by atoms with Crippen molar-refractivity contribution in [1.82, 2.24) is 4.72 Å². The van der Waals surface area contributed by atoms with Crippen LogP contribution in [0.25, 0.3) is 0 Å². The van der Waals surface area contributed by atoms with Gasteiger partial charge < -0.3 is 19.5 Å². The Labute approximate surface area is 193 Å². The lowest BCUT2D eigenvalue weighted by Gasteiger charge is -2.23. The van der Waals surface area contributed by atoms with Crippen molar-refractivity contribution in [2.75, 3.05) is 26.6 Å². The van der Waals surface area contributed by atoms with E-state index in [1.54, 1.807) is 0 Å². The standard InChI is InChI=1S/C22H27ClN2O6S/c1-29-18-10-9-14(11-21(18)32(27,28)25-15-7-5-4-6-8-15)22(26)24-17-13-19(30-2)16(23)12-20(17)31-3/h9-13,15,25H,4-8H2,1-3H3,(H,24,26). The predicted molar refractivity (Wildman–Crippen MR) is 123 cm³/mol. The molecule has 2 aromatic carbocycles. The van der Waals surface area contributed by atoms with Crippen LogP contribution in [0.4, 0.5) is 5.69 Å². The van der Waals surface area contributed by atoms with E-state index >= 15 is 0 Å². The maximum atomic E-state index is 13.1. The number of sulfonamides is 1. The molecule has 2 aromatic rings. The molecule has 0 atom stereocenters. The van der Waals surface area contributed by atoms with E-state index < -0.39 is 15.9 Å². The molecule has 2 N–H and O–H groups in total.